The highest BCUT2D eigenvalue weighted by molar-refractivity contribution is 6.15. The van der Waals surface area contributed by atoms with Crippen molar-refractivity contribution in [1.29, 1.82) is 0 Å². The smallest absolute Gasteiger partial charge is 0.164 e. The Morgan fingerprint density at radius 1 is 0.186 bits per heavy atom. The van der Waals surface area contributed by atoms with Crippen LogP contribution in [0.1, 0.15) is 0 Å². The first-order valence-corrected chi connectivity index (χ1v) is 39.1. The number of hydrogen-bond acceptors (Lipinski definition) is 12. The highest BCUT2D eigenvalue weighted by Crippen LogP contribution is 2.45. The summed E-state index contributed by atoms with van der Waals surface area (Å²) in [5, 5.41) is 8.13. The Kier molecular flexibility index (Phi) is 15.9. The zero-order valence-corrected chi connectivity index (χ0v) is 62.9. The van der Waals surface area contributed by atoms with Crippen molar-refractivity contribution in [2.45, 2.75) is 0 Å². The number of para-hydroxylation sites is 10. The second-order valence-electron chi connectivity index (χ2n) is 29.2. The van der Waals surface area contributed by atoms with E-state index in [1.54, 1.807) is 0 Å². The van der Waals surface area contributed by atoms with E-state index in [2.05, 4.69) is 221 Å². The number of benzene rings is 16. The summed E-state index contributed by atoms with van der Waals surface area (Å²) in [6.45, 7) is 0. The van der Waals surface area contributed by atoms with Crippen LogP contribution in [0.15, 0.2) is 394 Å². The van der Waals surface area contributed by atoms with Crippen LogP contribution >= 0.6 is 0 Å². The first-order chi connectivity index (χ1) is 58.5. The van der Waals surface area contributed by atoms with E-state index < -0.39 is 0 Å². The molecule has 0 atom stereocenters. The molecule has 0 saturated heterocycles. The van der Waals surface area contributed by atoms with Gasteiger partial charge in [0.05, 0.1) is 22.1 Å². The van der Waals surface area contributed by atoms with E-state index in [0.29, 0.717) is 34.9 Å². The zero-order valence-electron chi connectivity index (χ0n) is 62.9. The van der Waals surface area contributed by atoms with Crippen LogP contribution in [0.2, 0.25) is 0 Å². The van der Waals surface area contributed by atoms with Gasteiger partial charge in [-0.25, -0.2) is 39.9 Å². The van der Waals surface area contributed by atoms with Gasteiger partial charge < -0.3 is 17.7 Å². The van der Waals surface area contributed by atoms with Crippen molar-refractivity contribution < 1.29 is 17.7 Å². The highest BCUT2D eigenvalue weighted by Gasteiger charge is 2.25. The number of fused-ring (bicyclic) bond motifs is 14. The van der Waals surface area contributed by atoms with Gasteiger partial charge in [0, 0.05) is 110 Å². The number of hydrogen-bond donors (Lipinski definition) is 0. The predicted octanol–water partition coefficient (Wildman–Crippen LogP) is 26.7. The lowest BCUT2D eigenvalue weighted by Gasteiger charge is -2.11. The van der Waals surface area contributed by atoms with E-state index in [1.807, 2.05) is 164 Å². The van der Waals surface area contributed by atoms with Crippen LogP contribution in [0.4, 0.5) is 0 Å². The minimum atomic E-state index is 0.550. The summed E-state index contributed by atoms with van der Waals surface area (Å²) >= 11 is 0. The van der Waals surface area contributed by atoms with E-state index in [-0.39, 0.29) is 0 Å². The van der Waals surface area contributed by atoms with Crippen molar-refractivity contribution in [2.75, 3.05) is 0 Å². The fraction of sp³-hybridized carbons (Fsp3) is 0. The normalized spacial score (nSPS) is 11.7. The van der Waals surface area contributed by atoms with Crippen molar-refractivity contribution in [3.05, 3.63) is 376 Å². The number of rotatable bonds is 12. The Balaban J connectivity index is 0.000000138. The molecular weight excluding hydrogens is 1450 g/mol. The molecule has 0 fully saturated rings. The third-order valence-electron chi connectivity index (χ3n) is 22.2. The third-order valence-corrected chi connectivity index (χ3v) is 22.2. The Bertz CT molecular complexity index is 8070. The summed E-state index contributed by atoms with van der Waals surface area (Å²) in [6.07, 6.45) is 0. The lowest BCUT2D eigenvalue weighted by atomic mass is 10.00. The molecule has 24 rings (SSSR count). The zero-order chi connectivity index (χ0) is 77.7. The summed E-state index contributed by atoms with van der Waals surface area (Å²) in [7, 11) is 0. The maximum absolute atomic E-state index is 6.52. The van der Waals surface area contributed by atoms with Gasteiger partial charge in [-0.2, -0.15) is 0 Å². The first kappa shape index (κ1) is 67.4. The number of imidazole rings is 2. The lowest BCUT2D eigenvalue weighted by Crippen LogP contribution is -2.00. The molecule has 0 amide bonds. The van der Waals surface area contributed by atoms with Crippen molar-refractivity contribution in [3.63, 3.8) is 0 Å². The maximum Gasteiger partial charge on any atom is 0.164 e. The van der Waals surface area contributed by atoms with Crippen molar-refractivity contribution in [2.24, 2.45) is 0 Å². The quantitative estimate of drug-likeness (QED) is 0.114. The molecule has 14 nitrogen and oxygen atoms in total. The minimum absolute atomic E-state index is 0.550. The van der Waals surface area contributed by atoms with E-state index >= 15 is 0 Å². The van der Waals surface area contributed by atoms with E-state index in [0.717, 1.165) is 200 Å². The van der Waals surface area contributed by atoms with Crippen LogP contribution in [-0.2, 0) is 0 Å². The monoisotopic (exact) mass is 1510 g/mol. The molecule has 552 valence electrons. The fourth-order valence-corrected chi connectivity index (χ4v) is 16.7. The summed E-state index contributed by atoms with van der Waals surface area (Å²) in [5.74, 6) is 5.10. The third kappa shape index (κ3) is 11.6. The van der Waals surface area contributed by atoms with Gasteiger partial charge in [0.25, 0.3) is 0 Å². The van der Waals surface area contributed by atoms with Crippen molar-refractivity contribution in [3.8, 4) is 125 Å². The second kappa shape index (κ2) is 27.8. The fourth-order valence-electron chi connectivity index (χ4n) is 16.7. The molecule has 0 spiro atoms. The molecule has 0 N–H and O–H groups in total. The van der Waals surface area contributed by atoms with Gasteiger partial charge in [-0.15, -0.1) is 0 Å². The molecule has 0 saturated carbocycles. The van der Waals surface area contributed by atoms with Crippen LogP contribution in [0, 0.1) is 0 Å². The number of aromatic nitrogens is 10. The molecule has 0 radical (unpaired) electrons. The molecule has 8 aromatic heterocycles. The van der Waals surface area contributed by atoms with Crippen LogP contribution in [0.5, 0.6) is 0 Å². The summed E-state index contributed by atoms with van der Waals surface area (Å²) in [5.41, 5.74) is 23.8. The molecule has 118 heavy (non-hydrogen) atoms. The van der Waals surface area contributed by atoms with Gasteiger partial charge >= 0.3 is 0 Å². The molecule has 24 aromatic rings. The van der Waals surface area contributed by atoms with Crippen molar-refractivity contribution in [1.82, 2.24) is 49.0 Å². The van der Waals surface area contributed by atoms with Gasteiger partial charge in [-0.1, -0.05) is 261 Å². The minimum Gasteiger partial charge on any atom is -0.456 e. The molecule has 0 aliphatic carbocycles. The number of furan rings is 4. The molecule has 14 heteroatoms. The largest absolute Gasteiger partial charge is 0.456 e. The van der Waals surface area contributed by atoms with Gasteiger partial charge in [0.15, 0.2) is 34.9 Å². The summed E-state index contributed by atoms with van der Waals surface area (Å²) in [4.78, 5) is 41.1. The van der Waals surface area contributed by atoms with Gasteiger partial charge in [-0.05, 0) is 126 Å². The summed E-state index contributed by atoms with van der Waals surface area (Å²) < 4.78 is 30.3. The molecule has 8 heterocycles. The van der Waals surface area contributed by atoms with Crippen LogP contribution in [0.3, 0.4) is 0 Å². The summed E-state index contributed by atoms with van der Waals surface area (Å²) in [6, 6.07) is 128. The lowest BCUT2D eigenvalue weighted by molar-refractivity contribution is 0.668. The highest BCUT2D eigenvalue weighted by atomic mass is 16.3. The molecule has 0 aliphatic rings. The second-order valence-corrected chi connectivity index (χ2v) is 29.2. The Morgan fingerprint density at radius 3 is 1.01 bits per heavy atom. The number of nitrogens with zero attached hydrogens (tertiary/aromatic N) is 10. The molecule has 0 bridgehead atoms. The van der Waals surface area contributed by atoms with Crippen LogP contribution < -0.4 is 0 Å². The predicted molar refractivity (Wildman–Crippen MR) is 472 cm³/mol. The van der Waals surface area contributed by atoms with E-state index in [4.69, 9.17) is 57.5 Å². The molecule has 16 aromatic carbocycles. The van der Waals surface area contributed by atoms with Gasteiger partial charge in [0.1, 0.15) is 56.3 Å². The van der Waals surface area contributed by atoms with Crippen molar-refractivity contribution >= 4 is 110 Å². The van der Waals surface area contributed by atoms with E-state index in [1.165, 1.54) is 0 Å². The molecular formula is C104H62N10O4. The first-order valence-electron chi connectivity index (χ1n) is 39.1. The standard InChI is InChI=1S/2C52H31N5O2/c1-3-14-32(15-4-1)49-54-50(34-17-11-16-33(30-34)37-21-12-22-39-38-20-7-10-26-44(38)59-48(37)39)56-51(55-49)40-23-13-27-46-47(40)41-31-35(28-29-45(41)58-46)52-53-42-24-8-9-25-43(42)57(52)36-18-5-2-6-19-36;1-3-13-33(14-4-1)49-54-50(34-27-25-32(26-28-34)37-18-11-19-39-38-17-7-10-23-44(38)59-48(37)39)56-51(55-49)40-20-12-24-46-47(40)41-31-35(29-30-45(41)58-46)52-53-42-21-8-9-22-43(42)57(52)36-15-5-2-6-16-36/h2*1-31H. The Morgan fingerprint density at radius 2 is 0.517 bits per heavy atom. The molecule has 0 unspecified atom stereocenters. The Labute approximate surface area is 673 Å². The average molecular weight is 1520 g/mol. The van der Waals surface area contributed by atoms with E-state index in [9.17, 15) is 0 Å². The average Bonchev–Trinajstić information content (AvgIpc) is 1.62. The van der Waals surface area contributed by atoms with Gasteiger partial charge in [0.2, 0.25) is 0 Å². The van der Waals surface area contributed by atoms with Crippen LogP contribution in [-0.4, -0.2) is 49.0 Å². The van der Waals surface area contributed by atoms with Gasteiger partial charge in [-0.3, -0.25) is 9.13 Å². The maximum atomic E-state index is 6.52. The SMILES string of the molecule is c1ccc(-c2nc(-c3ccc(-c4cccc5c4oc4ccccc45)cc3)nc(-c3cccc4oc5ccc(-c6nc7ccccc7n6-c6ccccc6)cc5c34)n2)cc1.c1ccc(-c2nc(-c3cccc(-c4cccc5c4oc4ccccc45)c3)nc(-c3cccc4oc5ccc(-c6nc7ccccc7n6-c6ccccc6)cc5c34)n2)cc1. The van der Waals surface area contributed by atoms with Crippen LogP contribution in [0.25, 0.3) is 235 Å². The topological polar surface area (TPSA) is 166 Å². The molecule has 0 aliphatic heterocycles. The Hall–Kier alpha value is -16.3.